The average Bonchev–Trinajstić information content (AvgIpc) is 3.58. The zero-order valence-electron chi connectivity index (χ0n) is 18.8. The molecule has 0 aliphatic heterocycles. The summed E-state index contributed by atoms with van der Waals surface area (Å²) >= 11 is 13.5. The fourth-order valence-electron chi connectivity index (χ4n) is 3.78. The van der Waals surface area contributed by atoms with Crippen LogP contribution < -0.4 is 0 Å². The fraction of sp³-hybridized carbons (Fsp3) is 0.0385. The number of fused-ring (bicyclic) bond motifs is 1. The van der Waals surface area contributed by atoms with E-state index >= 15 is 0 Å². The molecule has 6 aromatic rings. The van der Waals surface area contributed by atoms with E-state index in [2.05, 4.69) is 15.4 Å². The molecule has 7 nitrogen and oxygen atoms in total. The predicted octanol–water partition coefficient (Wildman–Crippen LogP) is 8.83. The van der Waals surface area contributed by atoms with Crippen LogP contribution in [0.3, 0.4) is 0 Å². The quantitative estimate of drug-likeness (QED) is 0.208. The smallest absolute Gasteiger partial charge is 0.277 e. The Kier molecular flexibility index (Phi) is 5.85. The number of aryl methyl sites for hydroxylation is 1. The predicted molar refractivity (Wildman–Crippen MR) is 143 cm³/mol. The van der Waals surface area contributed by atoms with Gasteiger partial charge in [-0.2, -0.15) is 0 Å². The van der Waals surface area contributed by atoms with Crippen LogP contribution in [0, 0.1) is 6.92 Å². The van der Waals surface area contributed by atoms with Gasteiger partial charge in [0, 0.05) is 21.2 Å². The Balaban J connectivity index is 1.50. The van der Waals surface area contributed by atoms with Crippen LogP contribution in [0.2, 0.25) is 10.0 Å². The highest BCUT2D eigenvalue weighted by Gasteiger charge is 2.25. The van der Waals surface area contributed by atoms with Crippen molar-refractivity contribution in [3.05, 3.63) is 94.6 Å². The molecular weight excluding hydrogens is 515 g/mol. The second-order valence-corrected chi connectivity index (χ2v) is 9.74. The molecule has 0 aliphatic rings. The van der Waals surface area contributed by atoms with Gasteiger partial charge in [-0.15, -0.1) is 15.3 Å². The monoisotopic (exact) mass is 530 g/mol. The van der Waals surface area contributed by atoms with Crippen LogP contribution in [0.1, 0.15) is 5.69 Å². The summed E-state index contributed by atoms with van der Waals surface area (Å²) in [6.07, 6.45) is 0. The Morgan fingerprint density at radius 2 is 1.53 bits per heavy atom. The number of azo groups is 1. The van der Waals surface area contributed by atoms with Crippen molar-refractivity contribution in [2.75, 3.05) is 0 Å². The molecule has 0 atom stereocenters. The van der Waals surface area contributed by atoms with Gasteiger partial charge in [-0.25, -0.2) is 9.67 Å². The molecule has 0 spiro atoms. The lowest BCUT2D eigenvalue weighted by Crippen LogP contribution is -1.99. The van der Waals surface area contributed by atoms with Gasteiger partial charge >= 0.3 is 0 Å². The minimum Gasteiger partial charge on any atom is -0.334 e. The molecule has 6 rings (SSSR count). The maximum absolute atomic E-state index is 6.18. The first-order valence-electron chi connectivity index (χ1n) is 10.9. The second kappa shape index (κ2) is 9.31. The maximum atomic E-state index is 6.18. The second-order valence-electron chi connectivity index (χ2n) is 7.91. The number of hydrogen-bond acceptors (Lipinski definition) is 7. The van der Waals surface area contributed by atoms with E-state index in [0.29, 0.717) is 37.3 Å². The summed E-state index contributed by atoms with van der Waals surface area (Å²) in [6.45, 7) is 1.89. The van der Waals surface area contributed by atoms with Gasteiger partial charge in [0.05, 0.1) is 22.5 Å². The van der Waals surface area contributed by atoms with Gasteiger partial charge in [0.1, 0.15) is 5.69 Å². The molecule has 0 saturated carbocycles. The summed E-state index contributed by atoms with van der Waals surface area (Å²) in [4.78, 5) is 4.74. The Morgan fingerprint density at radius 3 is 2.25 bits per heavy atom. The van der Waals surface area contributed by atoms with E-state index in [9.17, 15) is 0 Å². The van der Waals surface area contributed by atoms with Crippen molar-refractivity contribution in [1.82, 2.24) is 19.9 Å². The molecule has 0 bridgehead atoms. The van der Waals surface area contributed by atoms with Crippen LogP contribution in [0.5, 0.6) is 0 Å². The van der Waals surface area contributed by atoms with Crippen molar-refractivity contribution in [2.45, 2.75) is 6.92 Å². The molecular formula is C26H16Cl2N6OS. The summed E-state index contributed by atoms with van der Waals surface area (Å²) in [6, 6.07) is 24.6. The number of aromatic nitrogens is 4. The van der Waals surface area contributed by atoms with Gasteiger partial charge < -0.3 is 4.52 Å². The summed E-state index contributed by atoms with van der Waals surface area (Å²) in [7, 11) is 0. The van der Waals surface area contributed by atoms with E-state index in [-0.39, 0.29) is 0 Å². The third-order valence-electron chi connectivity index (χ3n) is 5.50. The van der Waals surface area contributed by atoms with Crippen LogP contribution in [0.15, 0.2) is 93.6 Å². The summed E-state index contributed by atoms with van der Waals surface area (Å²) in [5.41, 5.74) is 5.19. The molecule has 0 amide bonds. The molecule has 0 unspecified atom stereocenters. The number of benzene rings is 3. The largest absolute Gasteiger partial charge is 0.334 e. The summed E-state index contributed by atoms with van der Waals surface area (Å²) in [5, 5.41) is 21.2. The van der Waals surface area contributed by atoms with Crippen LogP contribution in [0.25, 0.3) is 38.7 Å². The van der Waals surface area contributed by atoms with Gasteiger partial charge in [0.15, 0.2) is 5.00 Å². The van der Waals surface area contributed by atoms with Crippen LogP contribution in [0.4, 0.5) is 10.7 Å². The first-order valence-corrected chi connectivity index (χ1v) is 12.5. The topological polar surface area (TPSA) is 81.5 Å². The standard InChI is InChI=1S/C26H16Cl2N6OS/c1-15-25(31-30-20-13-11-19(28)12-14-20)36-26(29-15)34-23(17-7-9-18(27)10-8-17)21-22(33-35-24(21)32-34)16-5-3-2-4-6-16/h2-14H,1H3. The molecule has 36 heavy (non-hydrogen) atoms. The van der Waals surface area contributed by atoms with Crippen molar-refractivity contribution in [2.24, 2.45) is 10.2 Å². The van der Waals surface area contributed by atoms with Gasteiger partial charge in [0.2, 0.25) is 5.13 Å². The molecule has 3 aromatic heterocycles. The van der Waals surface area contributed by atoms with E-state index in [1.807, 2.05) is 73.7 Å². The van der Waals surface area contributed by atoms with Gasteiger partial charge in [-0.3, -0.25) is 0 Å². The fourth-order valence-corrected chi connectivity index (χ4v) is 4.89. The van der Waals surface area contributed by atoms with Gasteiger partial charge in [0.25, 0.3) is 5.71 Å². The first-order chi connectivity index (χ1) is 17.6. The molecule has 0 N–H and O–H groups in total. The number of halogens is 2. The van der Waals surface area contributed by atoms with E-state index in [4.69, 9.17) is 37.8 Å². The number of thiazole rings is 1. The SMILES string of the molecule is Cc1nc(-n2nc3onc(-c4ccccc4)c3c2-c2ccc(Cl)cc2)sc1N=Nc1ccc(Cl)cc1. The van der Waals surface area contributed by atoms with Crippen LogP contribution in [-0.4, -0.2) is 19.9 Å². The summed E-state index contributed by atoms with van der Waals surface area (Å²) in [5.74, 6) is 0. The molecule has 0 radical (unpaired) electrons. The van der Waals surface area contributed by atoms with Crippen molar-refractivity contribution >= 4 is 56.3 Å². The number of hydrogen-bond donors (Lipinski definition) is 0. The highest BCUT2D eigenvalue weighted by molar-refractivity contribution is 7.17. The van der Waals surface area contributed by atoms with E-state index in [1.54, 1.807) is 16.8 Å². The van der Waals surface area contributed by atoms with E-state index in [0.717, 1.165) is 27.9 Å². The zero-order chi connectivity index (χ0) is 24.6. The average molecular weight is 531 g/mol. The Hall–Kier alpha value is -3.85. The molecule has 0 aliphatic carbocycles. The molecule has 3 heterocycles. The van der Waals surface area contributed by atoms with Gasteiger partial charge in [-0.05, 0) is 43.3 Å². The lowest BCUT2D eigenvalue weighted by Gasteiger charge is -2.06. The Bertz CT molecular complexity index is 1700. The van der Waals surface area contributed by atoms with Crippen molar-refractivity contribution in [3.8, 4) is 27.6 Å². The molecule has 3 aromatic carbocycles. The highest BCUT2D eigenvalue weighted by atomic mass is 35.5. The molecule has 10 heteroatoms. The molecule has 0 saturated heterocycles. The van der Waals surface area contributed by atoms with E-state index in [1.165, 1.54) is 11.3 Å². The van der Waals surface area contributed by atoms with Crippen molar-refractivity contribution in [1.29, 1.82) is 0 Å². The minimum absolute atomic E-state index is 0.413. The zero-order valence-corrected chi connectivity index (χ0v) is 21.1. The highest BCUT2D eigenvalue weighted by Crippen LogP contribution is 2.40. The Morgan fingerprint density at radius 1 is 0.833 bits per heavy atom. The third kappa shape index (κ3) is 4.19. The van der Waals surface area contributed by atoms with Gasteiger partial charge in [-0.1, -0.05) is 82.2 Å². The molecule has 176 valence electrons. The normalized spacial score (nSPS) is 11.6. The molecule has 0 fully saturated rings. The van der Waals surface area contributed by atoms with E-state index < -0.39 is 0 Å². The van der Waals surface area contributed by atoms with Crippen molar-refractivity contribution in [3.63, 3.8) is 0 Å². The van der Waals surface area contributed by atoms with Crippen LogP contribution >= 0.6 is 34.5 Å². The number of rotatable bonds is 5. The third-order valence-corrected chi connectivity index (χ3v) is 7.02. The number of nitrogens with zero attached hydrogens (tertiary/aromatic N) is 6. The minimum atomic E-state index is 0.413. The first kappa shape index (κ1) is 22.6. The summed E-state index contributed by atoms with van der Waals surface area (Å²) < 4.78 is 7.43. The van der Waals surface area contributed by atoms with Crippen LogP contribution in [-0.2, 0) is 0 Å². The maximum Gasteiger partial charge on any atom is 0.277 e. The van der Waals surface area contributed by atoms with Crippen molar-refractivity contribution < 1.29 is 4.52 Å². The lowest BCUT2D eigenvalue weighted by molar-refractivity contribution is 0.447. The lowest BCUT2D eigenvalue weighted by atomic mass is 10.0. The Labute approximate surface area is 219 Å².